The zero-order chi connectivity index (χ0) is 21.2. The lowest BCUT2D eigenvalue weighted by Crippen LogP contribution is -2.34. The first-order valence-corrected chi connectivity index (χ1v) is 10.2. The third-order valence-electron chi connectivity index (χ3n) is 5.91. The summed E-state index contributed by atoms with van der Waals surface area (Å²) in [5.41, 5.74) is 3.93. The molecule has 4 heteroatoms. The quantitative estimate of drug-likeness (QED) is 0.481. The molecule has 0 amide bonds. The molecule has 0 spiro atoms. The molecule has 0 aromatic heterocycles. The summed E-state index contributed by atoms with van der Waals surface area (Å²) in [5, 5.41) is 0. The molecule has 3 rings (SSSR count). The lowest BCUT2D eigenvalue weighted by Gasteiger charge is -2.42. The van der Waals surface area contributed by atoms with Crippen LogP contribution < -0.4 is 4.74 Å². The number of hydrogen-bond donors (Lipinski definition) is 0. The fourth-order valence-corrected chi connectivity index (χ4v) is 3.90. The van der Waals surface area contributed by atoms with Crippen LogP contribution >= 0.6 is 0 Å². The van der Waals surface area contributed by atoms with Crippen LogP contribution in [0.3, 0.4) is 0 Å². The molecule has 0 bridgehead atoms. The van der Waals surface area contributed by atoms with Crippen LogP contribution in [-0.2, 0) is 15.6 Å². The Morgan fingerprint density at radius 3 is 2.07 bits per heavy atom. The van der Waals surface area contributed by atoms with Crippen LogP contribution in [0.4, 0.5) is 0 Å². The van der Waals surface area contributed by atoms with Gasteiger partial charge in [0.25, 0.3) is 0 Å². The smallest absolute Gasteiger partial charge is 0.338 e. The first-order chi connectivity index (χ1) is 13.6. The molecular formula is C25H30O4. The molecule has 0 saturated heterocycles. The number of carbonyl (C=O) groups is 2. The minimum atomic E-state index is -0.366. The number of ether oxygens (including phenoxy) is 2. The minimum absolute atomic E-state index is 0.0403. The fraction of sp³-hybridized carbons (Fsp3) is 0.440. The van der Waals surface area contributed by atoms with E-state index < -0.39 is 0 Å². The Labute approximate surface area is 173 Å². The molecule has 1 aliphatic rings. The third-order valence-corrected chi connectivity index (χ3v) is 5.91. The van der Waals surface area contributed by atoms with Gasteiger partial charge in [-0.1, -0.05) is 39.8 Å². The maximum Gasteiger partial charge on any atom is 0.338 e. The summed E-state index contributed by atoms with van der Waals surface area (Å²) < 4.78 is 10.6. The largest absolute Gasteiger partial charge is 0.485 e. The number of benzene rings is 2. The second kappa shape index (κ2) is 8.02. The Hall–Kier alpha value is -2.62. The van der Waals surface area contributed by atoms with Crippen LogP contribution in [-0.4, -0.2) is 25.0 Å². The van der Waals surface area contributed by atoms with Crippen molar-refractivity contribution in [1.82, 2.24) is 0 Å². The van der Waals surface area contributed by atoms with Crippen molar-refractivity contribution < 1.29 is 19.1 Å². The highest BCUT2D eigenvalue weighted by Gasteiger charge is 2.37. The molecular weight excluding hydrogens is 364 g/mol. The van der Waals surface area contributed by atoms with Gasteiger partial charge in [-0.3, -0.25) is 4.79 Å². The zero-order valence-corrected chi connectivity index (χ0v) is 18.0. The second-order valence-corrected chi connectivity index (χ2v) is 8.98. The van der Waals surface area contributed by atoms with Crippen LogP contribution in [0.5, 0.6) is 5.75 Å². The van der Waals surface area contributed by atoms with Crippen LogP contribution in [0, 0.1) is 0 Å². The van der Waals surface area contributed by atoms with E-state index in [1.54, 1.807) is 31.2 Å². The Morgan fingerprint density at radius 2 is 1.45 bits per heavy atom. The molecule has 29 heavy (non-hydrogen) atoms. The molecule has 0 heterocycles. The summed E-state index contributed by atoms with van der Waals surface area (Å²) in [7, 11) is 0. The number of carbonyl (C=O) groups excluding carboxylic acids is 2. The molecule has 1 aliphatic carbocycles. The predicted molar refractivity (Wildman–Crippen MR) is 114 cm³/mol. The highest BCUT2D eigenvalue weighted by molar-refractivity contribution is 5.97. The number of ketones is 1. The van der Waals surface area contributed by atoms with E-state index in [2.05, 4.69) is 33.8 Å². The van der Waals surface area contributed by atoms with Crippen molar-refractivity contribution in [2.75, 3.05) is 13.2 Å². The van der Waals surface area contributed by atoms with Gasteiger partial charge in [0.2, 0.25) is 0 Å². The van der Waals surface area contributed by atoms with Crippen LogP contribution in [0.2, 0.25) is 0 Å². The van der Waals surface area contributed by atoms with Gasteiger partial charge in [0.1, 0.15) is 5.75 Å². The molecule has 0 radical (unpaired) electrons. The Kier molecular flexibility index (Phi) is 5.83. The highest BCUT2D eigenvalue weighted by Crippen LogP contribution is 2.45. The maximum atomic E-state index is 12.7. The number of esters is 1. The standard InChI is InChI=1S/C25H30O4/c1-6-28-23(27)17-7-10-19(11-8-17)29-16-22(26)18-9-12-20-21(15-18)25(4,5)14-13-24(20,2)3/h7-12,15H,6,13-14,16H2,1-5H3. The highest BCUT2D eigenvalue weighted by atomic mass is 16.5. The minimum Gasteiger partial charge on any atom is -0.485 e. The Balaban J connectivity index is 1.71. The van der Waals surface area contributed by atoms with Gasteiger partial charge in [-0.15, -0.1) is 0 Å². The van der Waals surface area contributed by atoms with Gasteiger partial charge in [0.15, 0.2) is 12.4 Å². The van der Waals surface area contributed by atoms with Crippen LogP contribution in [0.1, 0.15) is 79.3 Å². The van der Waals surface area contributed by atoms with Crippen molar-refractivity contribution in [3.05, 3.63) is 64.7 Å². The van der Waals surface area contributed by atoms with Crippen molar-refractivity contribution in [1.29, 1.82) is 0 Å². The van der Waals surface area contributed by atoms with E-state index in [4.69, 9.17) is 9.47 Å². The van der Waals surface area contributed by atoms with E-state index in [0.29, 0.717) is 23.5 Å². The van der Waals surface area contributed by atoms with Gasteiger partial charge >= 0.3 is 5.97 Å². The van der Waals surface area contributed by atoms with Crippen molar-refractivity contribution in [2.45, 2.75) is 58.3 Å². The van der Waals surface area contributed by atoms with Crippen molar-refractivity contribution >= 4 is 11.8 Å². The lowest BCUT2D eigenvalue weighted by molar-refractivity contribution is 0.0526. The van der Waals surface area contributed by atoms with Gasteiger partial charge < -0.3 is 9.47 Å². The predicted octanol–water partition coefficient (Wildman–Crippen LogP) is 5.47. The van der Waals surface area contributed by atoms with E-state index in [9.17, 15) is 9.59 Å². The molecule has 0 aliphatic heterocycles. The monoisotopic (exact) mass is 394 g/mol. The first kappa shape index (κ1) is 21.1. The molecule has 0 atom stereocenters. The summed E-state index contributed by atoms with van der Waals surface area (Å²) in [6.45, 7) is 11.1. The van der Waals surface area contributed by atoms with E-state index in [-0.39, 0.29) is 29.2 Å². The molecule has 2 aromatic carbocycles. The van der Waals surface area contributed by atoms with Crippen LogP contribution in [0.15, 0.2) is 42.5 Å². The summed E-state index contributed by atoms with van der Waals surface area (Å²) in [4.78, 5) is 24.4. The third kappa shape index (κ3) is 4.52. The van der Waals surface area contributed by atoms with Crippen molar-refractivity contribution in [3.63, 3.8) is 0 Å². The summed E-state index contributed by atoms with van der Waals surface area (Å²) in [6, 6.07) is 12.7. The van der Waals surface area contributed by atoms with Gasteiger partial charge in [-0.05, 0) is 72.1 Å². The summed E-state index contributed by atoms with van der Waals surface area (Å²) >= 11 is 0. The van der Waals surface area contributed by atoms with Gasteiger partial charge in [-0.25, -0.2) is 4.79 Å². The summed E-state index contributed by atoms with van der Waals surface area (Å²) in [5.74, 6) is 0.127. The van der Waals surface area contributed by atoms with E-state index in [1.807, 2.05) is 12.1 Å². The first-order valence-electron chi connectivity index (χ1n) is 10.2. The second-order valence-electron chi connectivity index (χ2n) is 8.98. The van der Waals surface area contributed by atoms with E-state index >= 15 is 0 Å². The maximum absolute atomic E-state index is 12.7. The molecule has 4 nitrogen and oxygen atoms in total. The lowest BCUT2D eigenvalue weighted by atomic mass is 9.63. The molecule has 0 saturated carbocycles. The SMILES string of the molecule is CCOC(=O)c1ccc(OCC(=O)c2ccc3c(c2)C(C)(C)CCC3(C)C)cc1. The van der Waals surface area contributed by atoms with Gasteiger partial charge in [0, 0.05) is 5.56 Å². The van der Waals surface area contributed by atoms with Gasteiger partial charge in [-0.2, -0.15) is 0 Å². The Morgan fingerprint density at radius 1 is 0.862 bits per heavy atom. The molecule has 0 unspecified atom stereocenters. The number of Topliss-reactive ketones (excluding diaryl/α,β-unsaturated/α-hetero) is 1. The number of hydrogen-bond acceptors (Lipinski definition) is 4. The number of fused-ring (bicyclic) bond motifs is 1. The normalized spacial score (nSPS) is 16.6. The molecule has 154 valence electrons. The topological polar surface area (TPSA) is 52.6 Å². The van der Waals surface area contributed by atoms with Crippen molar-refractivity contribution in [2.24, 2.45) is 0 Å². The van der Waals surface area contributed by atoms with E-state index in [0.717, 1.165) is 12.8 Å². The fourth-order valence-electron chi connectivity index (χ4n) is 3.90. The average Bonchev–Trinajstić information content (AvgIpc) is 2.70. The Bertz CT molecular complexity index is 907. The number of rotatable bonds is 6. The van der Waals surface area contributed by atoms with Gasteiger partial charge in [0.05, 0.1) is 12.2 Å². The van der Waals surface area contributed by atoms with Crippen molar-refractivity contribution in [3.8, 4) is 5.75 Å². The van der Waals surface area contributed by atoms with E-state index in [1.165, 1.54) is 11.1 Å². The van der Waals surface area contributed by atoms with Crippen LogP contribution in [0.25, 0.3) is 0 Å². The summed E-state index contributed by atoms with van der Waals surface area (Å²) in [6.07, 6.45) is 2.25. The molecule has 0 N–H and O–H groups in total. The average molecular weight is 395 g/mol. The zero-order valence-electron chi connectivity index (χ0n) is 18.0. The molecule has 2 aromatic rings. The molecule has 0 fully saturated rings.